The molecule has 2 heterocycles. The van der Waals surface area contributed by atoms with E-state index >= 15 is 0 Å². The van der Waals surface area contributed by atoms with E-state index in [0.29, 0.717) is 12.1 Å². The average molecular weight is 407 g/mol. The van der Waals surface area contributed by atoms with Gasteiger partial charge in [0.1, 0.15) is 0 Å². The first-order chi connectivity index (χ1) is 13.4. The molecule has 6 heteroatoms. The zero-order chi connectivity index (χ0) is 19.7. The smallest absolute Gasteiger partial charge is 0.382 e. The Morgan fingerprint density at radius 1 is 1.11 bits per heavy atom. The van der Waals surface area contributed by atoms with Gasteiger partial charge >= 0.3 is 6.18 Å². The third-order valence-electron chi connectivity index (χ3n) is 5.58. The number of alkyl halides is 3. The number of likely N-dealkylation sites (tertiary alicyclic amines) is 1. The highest BCUT2D eigenvalue weighted by atomic mass is 32.2. The number of fused-ring (bicyclic) bond motifs is 2. The number of nitrogens with zero attached hydrogens (tertiary/aromatic N) is 1. The SMILES string of the molecule is CCCN1CCC(Nc2cc(C(F)(F)F)cc3c2Cc2ccccc2S3)CC1. The number of halogens is 3. The number of anilines is 1. The highest BCUT2D eigenvalue weighted by Crippen LogP contribution is 2.45. The fourth-order valence-electron chi connectivity index (χ4n) is 4.11. The average Bonchev–Trinajstić information content (AvgIpc) is 2.67. The molecule has 28 heavy (non-hydrogen) atoms. The Morgan fingerprint density at radius 3 is 2.57 bits per heavy atom. The predicted octanol–water partition coefficient (Wildman–Crippen LogP) is 6.05. The minimum absolute atomic E-state index is 0.225. The highest BCUT2D eigenvalue weighted by molar-refractivity contribution is 7.99. The molecule has 0 bridgehead atoms. The molecule has 2 aliphatic heterocycles. The highest BCUT2D eigenvalue weighted by Gasteiger charge is 2.34. The molecule has 2 aromatic carbocycles. The van der Waals surface area contributed by atoms with Crippen LogP contribution in [0.2, 0.25) is 0 Å². The first-order valence-electron chi connectivity index (χ1n) is 9.93. The normalized spacial score (nSPS) is 17.9. The molecule has 1 fully saturated rings. The summed E-state index contributed by atoms with van der Waals surface area (Å²) >= 11 is 1.45. The Kier molecular flexibility index (Phi) is 5.61. The van der Waals surface area contributed by atoms with Crippen LogP contribution in [0.3, 0.4) is 0 Å². The van der Waals surface area contributed by atoms with Crippen molar-refractivity contribution in [3.8, 4) is 0 Å². The van der Waals surface area contributed by atoms with Gasteiger partial charge in [-0.25, -0.2) is 0 Å². The quantitative estimate of drug-likeness (QED) is 0.568. The van der Waals surface area contributed by atoms with E-state index in [9.17, 15) is 13.2 Å². The lowest BCUT2D eigenvalue weighted by Crippen LogP contribution is -2.39. The topological polar surface area (TPSA) is 15.3 Å². The molecule has 0 atom stereocenters. The van der Waals surface area contributed by atoms with Gasteiger partial charge in [-0.1, -0.05) is 36.9 Å². The largest absolute Gasteiger partial charge is 0.416 e. The summed E-state index contributed by atoms with van der Waals surface area (Å²) in [5.74, 6) is 0. The summed E-state index contributed by atoms with van der Waals surface area (Å²) in [6, 6.07) is 10.8. The molecule has 1 saturated heterocycles. The second-order valence-corrected chi connectivity index (χ2v) is 8.73. The predicted molar refractivity (Wildman–Crippen MR) is 108 cm³/mol. The molecule has 2 aliphatic rings. The number of piperidine rings is 1. The van der Waals surface area contributed by atoms with Crippen molar-refractivity contribution < 1.29 is 13.2 Å². The number of benzene rings is 2. The Labute approximate surface area is 168 Å². The molecular formula is C22H25F3N2S. The van der Waals surface area contributed by atoms with E-state index in [1.807, 2.05) is 18.2 Å². The second-order valence-electron chi connectivity index (χ2n) is 7.65. The Hall–Kier alpha value is -1.66. The van der Waals surface area contributed by atoms with Gasteiger partial charge in [0, 0.05) is 41.0 Å². The van der Waals surface area contributed by atoms with E-state index in [4.69, 9.17) is 0 Å². The first kappa shape index (κ1) is 19.6. The Morgan fingerprint density at radius 2 is 1.86 bits per heavy atom. The van der Waals surface area contributed by atoms with Crippen molar-refractivity contribution >= 4 is 17.4 Å². The standard InChI is InChI=1S/C22H25F3N2S/c1-2-9-27-10-7-17(8-11-27)26-19-13-16(22(23,24)25)14-21-18(19)12-15-5-3-4-6-20(15)28-21/h3-6,13-14,17,26H,2,7-12H2,1H3. The van der Waals surface area contributed by atoms with Crippen LogP contribution in [0.15, 0.2) is 46.2 Å². The van der Waals surface area contributed by atoms with Crippen LogP contribution in [-0.2, 0) is 12.6 Å². The number of hydrogen-bond donors (Lipinski definition) is 1. The fraction of sp³-hybridized carbons (Fsp3) is 0.455. The van der Waals surface area contributed by atoms with Crippen molar-refractivity contribution in [3.63, 3.8) is 0 Å². The minimum atomic E-state index is -4.34. The summed E-state index contributed by atoms with van der Waals surface area (Å²) < 4.78 is 40.5. The van der Waals surface area contributed by atoms with Crippen molar-refractivity contribution in [2.75, 3.05) is 25.0 Å². The molecule has 4 rings (SSSR count). The monoisotopic (exact) mass is 406 g/mol. The Balaban J connectivity index is 1.61. The number of rotatable bonds is 4. The molecule has 2 nitrogen and oxygen atoms in total. The van der Waals surface area contributed by atoms with E-state index in [1.54, 1.807) is 0 Å². The second kappa shape index (κ2) is 7.99. The Bertz CT molecular complexity index is 842. The molecule has 150 valence electrons. The summed E-state index contributed by atoms with van der Waals surface area (Å²) in [7, 11) is 0. The van der Waals surface area contributed by atoms with Gasteiger partial charge in [0.05, 0.1) is 5.56 Å². The molecule has 0 saturated carbocycles. The molecule has 0 spiro atoms. The maximum absolute atomic E-state index is 13.5. The van der Waals surface area contributed by atoms with E-state index in [-0.39, 0.29) is 6.04 Å². The van der Waals surface area contributed by atoms with Gasteiger partial charge in [0.25, 0.3) is 0 Å². The zero-order valence-electron chi connectivity index (χ0n) is 16.0. The fourth-order valence-corrected chi connectivity index (χ4v) is 5.25. The van der Waals surface area contributed by atoms with Gasteiger partial charge in [0.2, 0.25) is 0 Å². The lowest BCUT2D eigenvalue weighted by atomic mass is 9.98. The van der Waals surface area contributed by atoms with Crippen LogP contribution in [0.1, 0.15) is 42.9 Å². The summed E-state index contributed by atoms with van der Waals surface area (Å²) in [4.78, 5) is 4.21. The summed E-state index contributed by atoms with van der Waals surface area (Å²) in [5.41, 5.74) is 2.26. The van der Waals surface area contributed by atoms with Gasteiger partial charge in [-0.2, -0.15) is 13.2 Å². The zero-order valence-corrected chi connectivity index (χ0v) is 16.8. The molecule has 2 aromatic rings. The van der Waals surface area contributed by atoms with Crippen LogP contribution in [0, 0.1) is 0 Å². The van der Waals surface area contributed by atoms with Crippen LogP contribution < -0.4 is 5.32 Å². The lowest BCUT2D eigenvalue weighted by Gasteiger charge is -2.34. The van der Waals surface area contributed by atoms with Gasteiger partial charge in [-0.05, 0) is 55.1 Å². The van der Waals surface area contributed by atoms with Gasteiger partial charge < -0.3 is 10.2 Å². The maximum atomic E-state index is 13.5. The minimum Gasteiger partial charge on any atom is -0.382 e. The van der Waals surface area contributed by atoms with Crippen molar-refractivity contribution in [1.29, 1.82) is 0 Å². The molecule has 0 amide bonds. The van der Waals surface area contributed by atoms with Crippen LogP contribution in [0.5, 0.6) is 0 Å². The molecule has 1 N–H and O–H groups in total. The number of hydrogen-bond acceptors (Lipinski definition) is 3. The number of nitrogens with one attached hydrogen (secondary N) is 1. The molecule has 0 unspecified atom stereocenters. The molecule has 0 aromatic heterocycles. The van der Waals surface area contributed by atoms with Gasteiger partial charge in [0.15, 0.2) is 0 Å². The third-order valence-corrected chi connectivity index (χ3v) is 6.79. The lowest BCUT2D eigenvalue weighted by molar-refractivity contribution is -0.137. The van der Waals surface area contributed by atoms with E-state index in [1.165, 1.54) is 29.5 Å². The first-order valence-corrected chi connectivity index (χ1v) is 10.7. The van der Waals surface area contributed by atoms with Crippen molar-refractivity contribution in [2.45, 2.75) is 54.6 Å². The van der Waals surface area contributed by atoms with Crippen LogP contribution in [0.25, 0.3) is 0 Å². The van der Waals surface area contributed by atoms with E-state index in [0.717, 1.165) is 54.3 Å². The van der Waals surface area contributed by atoms with Crippen LogP contribution >= 0.6 is 11.8 Å². The van der Waals surface area contributed by atoms with Crippen molar-refractivity contribution in [3.05, 3.63) is 53.1 Å². The van der Waals surface area contributed by atoms with E-state index in [2.05, 4.69) is 23.2 Å². The third kappa shape index (κ3) is 4.18. The van der Waals surface area contributed by atoms with Crippen LogP contribution in [-0.4, -0.2) is 30.6 Å². The van der Waals surface area contributed by atoms with Gasteiger partial charge in [-0.15, -0.1) is 0 Å². The summed E-state index contributed by atoms with van der Waals surface area (Å²) in [6.07, 6.45) is -0.597. The molecule has 0 aliphatic carbocycles. The molecule has 0 radical (unpaired) electrons. The van der Waals surface area contributed by atoms with E-state index < -0.39 is 11.7 Å². The van der Waals surface area contributed by atoms with Crippen molar-refractivity contribution in [1.82, 2.24) is 4.90 Å². The van der Waals surface area contributed by atoms with Crippen molar-refractivity contribution in [2.24, 2.45) is 0 Å². The maximum Gasteiger partial charge on any atom is 0.416 e. The molecular weight excluding hydrogens is 381 g/mol. The van der Waals surface area contributed by atoms with Gasteiger partial charge in [-0.3, -0.25) is 0 Å². The summed E-state index contributed by atoms with van der Waals surface area (Å²) in [6.45, 7) is 5.28. The summed E-state index contributed by atoms with van der Waals surface area (Å²) in [5, 5.41) is 3.47. The van der Waals surface area contributed by atoms with Crippen LogP contribution in [0.4, 0.5) is 18.9 Å².